The number of pyridine rings is 1. The molecule has 1 N–H and O–H groups in total. The Morgan fingerprint density at radius 3 is 2.58 bits per heavy atom. The predicted molar refractivity (Wildman–Crippen MR) is 92.1 cm³/mol. The minimum absolute atomic E-state index is 0.0283. The normalized spacial score (nSPS) is 14.4. The van der Waals surface area contributed by atoms with Crippen LogP contribution in [0.25, 0.3) is 0 Å². The number of anilines is 1. The maximum atomic E-state index is 12.6. The van der Waals surface area contributed by atoms with E-state index in [-0.39, 0.29) is 12.0 Å². The van der Waals surface area contributed by atoms with Crippen LogP contribution in [0.2, 0.25) is 0 Å². The molecule has 7 nitrogen and oxygen atoms in total. The van der Waals surface area contributed by atoms with Crippen molar-refractivity contribution in [3.05, 3.63) is 23.9 Å². The lowest BCUT2D eigenvalue weighted by molar-refractivity contribution is 0.0570. The van der Waals surface area contributed by atoms with E-state index in [1.54, 1.807) is 35.1 Å². The molecule has 1 saturated heterocycles. The zero-order valence-corrected chi connectivity index (χ0v) is 14.5. The van der Waals surface area contributed by atoms with Crippen molar-refractivity contribution in [3.63, 3.8) is 0 Å². The molecular formula is C17H26N4O3. The Morgan fingerprint density at radius 1 is 1.21 bits per heavy atom. The summed E-state index contributed by atoms with van der Waals surface area (Å²) in [5.74, 6) is 0.693. The van der Waals surface area contributed by atoms with Crippen molar-refractivity contribution in [1.29, 1.82) is 0 Å². The van der Waals surface area contributed by atoms with Crippen LogP contribution >= 0.6 is 0 Å². The minimum atomic E-state index is -0.309. The lowest BCUT2D eigenvalue weighted by Gasteiger charge is -2.34. The topological polar surface area (TPSA) is 74.8 Å². The first kappa shape index (κ1) is 18.0. The summed E-state index contributed by atoms with van der Waals surface area (Å²) >= 11 is 0. The van der Waals surface area contributed by atoms with Gasteiger partial charge < -0.3 is 19.9 Å². The Morgan fingerprint density at radius 2 is 1.92 bits per heavy atom. The molecule has 2 rings (SSSR count). The Hall–Kier alpha value is -2.31. The quantitative estimate of drug-likeness (QED) is 0.807. The molecule has 1 aliphatic heterocycles. The molecule has 2 amide bonds. The molecule has 1 fully saturated rings. The molecular weight excluding hydrogens is 308 g/mol. The van der Waals surface area contributed by atoms with Crippen molar-refractivity contribution in [2.75, 3.05) is 44.6 Å². The van der Waals surface area contributed by atoms with Crippen LogP contribution in [0.5, 0.6) is 0 Å². The fourth-order valence-electron chi connectivity index (χ4n) is 2.54. The summed E-state index contributed by atoms with van der Waals surface area (Å²) in [5, 5.41) is 3.23. The number of nitrogens with zero attached hydrogens (tertiary/aromatic N) is 3. The van der Waals surface area contributed by atoms with Gasteiger partial charge in [0.2, 0.25) is 0 Å². The van der Waals surface area contributed by atoms with Gasteiger partial charge in [-0.3, -0.25) is 4.79 Å². The number of hydrogen-bond acceptors (Lipinski definition) is 5. The Balaban J connectivity index is 1.90. The van der Waals surface area contributed by atoms with Gasteiger partial charge in [-0.2, -0.15) is 0 Å². The van der Waals surface area contributed by atoms with Crippen LogP contribution in [0.3, 0.4) is 0 Å². The monoisotopic (exact) mass is 334 g/mol. The van der Waals surface area contributed by atoms with Gasteiger partial charge >= 0.3 is 6.09 Å². The third-order valence-corrected chi connectivity index (χ3v) is 3.94. The second-order valence-corrected chi connectivity index (χ2v) is 5.69. The van der Waals surface area contributed by atoms with Gasteiger partial charge in [0.1, 0.15) is 5.82 Å². The highest BCUT2D eigenvalue weighted by Gasteiger charge is 2.25. The summed E-state index contributed by atoms with van der Waals surface area (Å²) in [7, 11) is 0. The zero-order valence-electron chi connectivity index (χ0n) is 14.5. The van der Waals surface area contributed by atoms with Crippen molar-refractivity contribution in [1.82, 2.24) is 14.8 Å². The molecule has 0 aliphatic carbocycles. The number of piperazine rings is 1. The van der Waals surface area contributed by atoms with Crippen LogP contribution in [-0.4, -0.2) is 66.1 Å². The summed E-state index contributed by atoms with van der Waals surface area (Å²) in [6, 6.07) is 3.51. The van der Waals surface area contributed by atoms with E-state index in [0.29, 0.717) is 38.3 Å². The Labute approximate surface area is 143 Å². The van der Waals surface area contributed by atoms with E-state index in [9.17, 15) is 9.59 Å². The lowest BCUT2D eigenvalue weighted by atomic mass is 10.2. The average Bonchev–Trinajstić information content (AvgIpc) is 2.62. The maximum absolute atomic E-state index is 12.6. The molecule has 0 radical (unpaired) electrons. The fourth-order valence-corrected chi connectivity index (χ4v) is 2.54. The van der Waals surface area contributed by atoms with E-state index < -0.39 is 0 Å². The summed E-state index contributed by atoms with van der Waals surface area (Å²) in [4.78, 5) is 32.0. The highest BCUT2D eigenvalue weighted by atomic mass is 16.6. The van der Waals surface area contributed by atoms with Gasteiger partial charge in [0.25, 0.3) is 5.91 Å². The maximum Gasteiger partial charge on any atom is 0.409 e. The number of unbranched alkanes of at least 4 members (excludes halogenated alkanes) is 1. The number of nitrogens with one attached hydrogen (secondary N) is 1. The van der Waals surface area contributed by atoms with Crippen LogP contribution in [0.15, 0.2) is 18.3 Å². The largest absolute Gasteiger partial charge is 0.450 e. The molecule has 132 valence electrons. The zero-order chi connectivity index (χ0) is 17.4. The van der Waals surface area contributed by atoms with E-state index in [1.807, 2.05) is 0 Å². The van der Waals surface area contributed by atoms with Gasteiger partial charge in [-0.15, -0.1) is 0 Å². The smallest absolute Gasteiger partial charge is 0.409 e. The first-order chi connectivity index (χ1) is 11.7. The molecule has 1 aliphatic rings. The fraction of sp³-hybridized carbons (Fsp3) is 0.588. The SMILES string of the molecule is CCCCNc1cc(C(=O)N2CCN(C(=O)OCC)CC2)ccn1. The van der Waals surface area contributed by atoms with Gasteiger partial charge in [-0.1, -0.05) is 13.3 Å². The van der Waals surface area contributed by atoms with Crippen molar-refractivity contribution in [3.8, 4) is 0 Å². The third-order valence-electron chi connectivity index (χ3n) is 3.94. The molecule has 24 heavy (non-hydrogen) atoms. The first-order valence-electron chi connectivity index (χ1n) is 8.56. The van der Waals surface area contributed by atoms with Crippen LogP contribution in [-0.2, 0) is 4.74 Å². The van der Waals surface area contributed by atoms with Crippen LogP contribution in [0.4, 0.5) is 10.6 Å². The standard InChI is InChI=1S/C17H26N4O3/c1-3-5-7-18-15-13-14(6-8-19-15)16(22)20-9-11-21(12-10-20)17(23)24-4-2/h6,8,13H,3-5,7,9-12H2,1-2H3,(H,18,19). The Bertz CT molecular complexity index is 557. The van der Waals surface area contributed by atoms with Gasteiger partial charge in [0.05, 0.1) is 6.61 Å². The number of carbonyl (C=O) groups excluding carboxylic acids is 2. The van der Waals surface area contributed by atoms with E-state index >= 15 is 0 Å². The molecule has 7 heteroatoms. The second-order valence-electron chi connectivity index (χ2n) is 5.69. The summed E-state index contributed by atoms with van der Waals surface area (Å²) in [5.41, 5.74) is 0.619. The number of rotatable bonds is 6. The van der Waals surface area contributed by atoms with Crippen LogP contribution in [0.1, 0.15) is 37.0 Å². The highest BCUT2D eigenvalue weighted by Crippen LogP contribution is 2.12. The average molecular weight is 334 g/mol. The molecule has 1 aromatic rings. The molecule has 0 atom stereocenters. The predicted octanol–water partition coefficient (Wildman–Crippen LogP) is 2.21. The minimum Gasteiger partial charge on any atom is -0.450 e. The summed E-state index contributed by atoms with van der Waals surface area (Å²) in [6.07, 6.45) is 3.51. The third kappa shape index (κ3) is 4.84. The highest BCUT2D eigenvalue weighted by molar-refractivity contribution is 5.95. The van der Waals surface area contributed by atoms with Crippen molar-refractivity contribution in [2.24, 2.45) is 0 Å². The lowest BCUT2D eigenvalue weighted by Crippen LogP contribution is -2.50. The van der Waals surface area contributed by atoms with E-state index in [4.69, 9.17) is 4.74 Å². The number of amides is 2. The van der Waals surface area contributed by atoms with Crippen molar-refractivity contribution < 1.29 is 14.3 Å². The number of carbonyl (C=O) groups is 2. The van der Waals surface area contributed by atoms with Crippen LogP contribution in [0, 0.1) is 0 Å². The summed E-state index contributed by atoms with van der Waals surface area (Å²) in [6.45, 7) is 7.14. The molecule has 0 saturated carbocycles. The van der Waals surface area contributed by atoms with E-state index in [1.165, 1.54) is 0 Å². The van der Waals surface area contributed by atoms with Gasteiger partial charge in [0, 0.05) is 44.5 Å². The molecule has 2 heterocycles. The second kappa shape index (κ2) is 9.10. The molecule has 0 unspecified atom stereocenters. The van der Waals surface area contributed by atoms with Gasteiger partial charge in [-0.25, -0.2) is 9.78 Å². The number of ether oxygens (including phenoxy) is 1. The van der Waals surface area contributed by atoms with Gasteiger partial charge in [-0.05, 0) is 25.5 Å². The van der Waals surface area contributed by atoms with E-state index in [0.717, 1.165) is 25.2 Å². The van der Waals surface area contributed by atoms with Crippen LogP contribution < -0.4 is 5.32 Å². The number of hydrogen-bond donors (Lipinski definition) is 1. The molecule has 1 aromatic heterocycles. The number of aromatic nitrogens is 1. The summed E-state index contributed by atoms with van der Waals surface area (Å²) < 4.78 is 4.99. The van der Waals surface area contributed by atoms with Gasteiger partial charge in [0.15, 0.2) is 0 Å². The molecule has 0 spiro atoms. The van der Waals surface area contributed by atoms with Crippen molar-refractivity contribution in [2.45, 2.75) is 26.7 Å². The molecule has 0 bridgehead atoms. The molecule has 0 aromatic carbocycles. The van der Waals surface area contributed by atoms with E-state index in [2.05, 4.69) is 17.2 Å². The Kier molecular flexibility index (Phi) is 6.84. The van der Waals surface area contributed by atoms with Crippen molar-refractivity contribution >= 4 is 17.8 Å². The first-order valence-corrected chi connectivity index (χ1v) is 8.56.